The van der Waals surface area contributed by atoms with Gasteiger partial charge in [0, 0.05) is 38.3 Å². The molecule has 2 aliphatic heterocycles. The Morgan fingerprint density at radius 2 is 2.33 bits per heavy atom. The van der Waals surface area contributed by atoms with Gasteiger partial charge in [0.25, 0.3) is 0 Å². The van der Waals surface area contributed by atoms with Crippen LogP contribution in [0.5, 0.6) is 0 Å². The van der Waals surface area contributed by atoms with Crippen LogP contribution in [-0.2, 0) is 9.47 Å². The van der Waals surface area contributed by atoms with Crippen LogP contribution < -0.4 is 5.32 Å². The summed E-state index contributed by atoms with van der Waals surface area (Å²) < 4.78 is 11.3. The lowest BCUT2D eigenvalue weighted by molar-refractivity contribution is 0.131. The number of rotatable bonds is 6. The molecule has 1 atom stereocenters. The molecule has 1 saturated carbocycles. The van der Waals surface area contributed by atoms with Crippen LogP contribution in [0.4, 0.5) is 0 Å². The number of hydrogen-bond donors (Lipinski definition) is 1. The first kappa shape index (κ1) is 15.1. The lowest BCUT2D eigenvalue weighted by atomic mass is 9.87. The summed E-state index contributed by atoms with van der Waals surface area (Å²) in [5.74, 6) is 1.89. The molecular formula is C16H29N3O2. The standard InChI is InChI=1S/C16H29N3O2/c1-2-17-15(18-7-10-20-11-14-3-4-14)19-8-5-16(12-19)6-9-21-13-16/h14H,2-13H2,1H3,(H,17,18). The summed E-state index contributed by atoms with van der Waals surface area (Å²) in [4.78, 5) is 7.13. The van der Waals surface area contributed by atoms with Gasteiger partial charge in [-0.1, -0.05) is 0 Å². The molecule has 3 aliphatic rings. The van der Waals surface area contributed by atoms with Crippen LogP contribution in [-0.4, -0.2) is 63.5 Å². The first-order valence-electron chi connectivity index (χ1n) is 8.50. The van der Waals surface area contributed by atoms with Crippen molar-refractivity contribution in [3.63, 3.8) is 0 Å². The maximum absolute atomic E-state index is 5.67. The molecular weight excluding hydrogens is 266 g/mol. The SMILES string of the molecule is CCNC(=NCCOCC1CC1)N1CCC2(CCOC2)C1. The second-order valence-electron chi connectivity index (χ2n) is 6.73. The predicted molar refractivity (Wildman–Crippen MR) is 83.6 cm³/mol. The third-order valence-electron chi connectivity index (χ3n) is 4.81. The fraction of sp³-hybridized carbons (Fsp3) is 0.938. The molecule has 3 fully saturated rings. The molecule has 3 rings (SSSR count). The van der Waals surface area contributed by atoms with Crippen molar-refractivity contribution in [2.24, 2.45) is 16.3 Å². The molecule has 1 N–H and O–H groups in total. The lowest BCUT2D eigenvalue weighted by Gasteiger charge is -2.24. The largest absolute Gasteiger partial charge is 0.381 e. The van der Waals surface area contributed by atoms with Crippen LogP contribution in [0.2, 0.25) is 0 Å². The van der Waals surface area contributed by atoms with Crippen molar-refractivity contribution in [3.8, 4) is 0 Å². The van der Waals surface area contributed by atoms with Crippen molar-refractivity contribution in [1.29, 1.82) is 0 Å². The van der Waals surface area contributed by atoms with Crippen molar-refractivity contribution in [1.82, 2.24) is 10.2 Å². The molecule has 2 heterocycles. The van der Waals surface area contributed by atoms with Crippen LogP contribution in [0, 0.1) is 11.3 Å². The molecule has 0 amide bonds. The summed E-state index contributed by atoms with van der Waals surface area (Å²) in [5, 5.41) is 3.42. The minimum atomic E-state index is 0.388. The van der Waals surface area contributed by atoms with E-state index in [2.05, 4.69) is 17.1 Å². The maximum Gasteiger partial charge on any atom is 0.194 e. The Morgan fingerprint density at radius 3 is 3.05 bits per heavy atom. The number of nitrogens with one attached hydrogen (secondary N) is 1. The number of likely N-dealkylation sites (tertiary alicyclic amines) is 1. The average Bonchev–Trinajstić information content (AvgIpc) is 3.06. The fourth-order valence-electron chi connectivity index (χ4n) is 3.26. The van der Waals surface area contributed by atoms with Crippen molar-refractivity contribution in [3.05, 3.63) is 0 Å². The van der Waals surface area contributed by atoms with Crippen molar-refractivity contribution in [2.45, 2.75) is 32.6 Å². The second-order valence-corrected chi connectivity index (χ2v) is 6.73. The van der Waals surface area contributed by atoms with E-state index in [1.165, 1.54) is 25.7 Å². The highest BCUT2D eigenvalue weighted by Crippen LogP contribution is 2.38. The summed E-state index contributed by atoms with van der Waals surface area (Å²) >= 11 is 0. The van der Waals surface area contributed by atoms with E-state index in [-0.39, 0.29) is 0 Å². The normalized spacial score (nSPS) is 29.6. The quantitative estimate of drug-likeness (QED) is 0.458. The van der Waals surface area contributed by atoms with E-state index in [9.17, 15) is 0 Å². The lowest BCUT2D eigenvalue weighted by Crippen LogP contribution is -2.41. The van der Waals surface area contributed by atoms with Crippen molar-refractivity contribution < 1.29 is 9.47 Å². The number of ether oxygens (including phenoxy) is 2. The van der Waals surface area contributed by atoms with Gasteiger partial charge in [0.15, 0.2) is 5.96 Å². The summed E-state index contributed by atoms with van der Waals surface area (Å²) in [6.45, 7) is 9.51. The third-order valence-corrected chi connectivity index (χ3v) is 4.81. The molecule has 120 valence electrons. The second kappa shape index (κ2) is 6.97. The minimum Gasteiger partial charge on any atom is -0.381 e. The van der Waals surface area contributed by atoms with E-state index < -0.39 is 0 Å². The minimum absolute atomic E-state index is 0.388. The summed E-state index contributed by atoms with van der Waals surface area (Å²) in [5.41, 5.74) is 0.388. The van der Waals surface area contributed by atoms with E-state index in [4.69, 9.17) is 14.5 Å². The number of guanidine groups is 1. The van der Waals surface area contributed by atoms with Gasteiger partial charge in [0.1, 0.15) is 0 Å². The maximum atomic E-state index is 5.67. The zero-order valence-corrected chi connectivity index (χ0v) is 13.3. The monoisotopic (exact) mass is 295 g/mol. The Kier molecular flexibility index (Phi) is 5.01. The zero-order valence-electron chi connectivity index (χ0n) is 13.3. The summed E-state index contributed by atoms with van der Waals surface area (Å²) in [7, 11) is 0. The molecule has 1 spiro atoms. The summed E-state index contributed by atoms with van der Waals surface area (Å²) in [6, 6.07) is 0. The topological polar surface area (TPSA) is 46.1 Å². The van der Waals surface area contributed by atoms with Crippen LogP contribution in [0.25, 0.3) is 0 Å². The smallest absolute Gasteiger partial charge is 0.194 e. The van der Waals surface area contributed by atoms with Crippen LogP contribution in [0.3, 0.4) is 0 Å². The van der Waals surface area contributed by atoms with Crippen LogP contribution in [0.15, 0.2) is 4.99 Å². The molecule has 0 radical (unpaired) electrons. The van der Waals surface area contributed by atoms with Gasteiger partial charge >= 0.3 is 0 Å². The van der Waals surface area contributed by atoms with Crippen LogP contribution >= 0.6 is 0 Å². The molecule has 0 aromatic rings. The van der Waals surface area contributed by atoms with E-state index in [0.717, 1.165) is 64.5 Å². The molecule has 21 heavy (non-hydrogen) atoms. The Morgan fingerprint density at radius 1 is 1.43 bits per heavy atom. The van der Waals surface area contributed by atoms with E-state index >= 15 is 0 Å². The van der Waals surface area contributed by atoms with Gasteiger partial charge in [-0.3, -0.25) is 4.99 Å². The van der Waals surface area contributed by atoms with Gasteiger partial charge in [-0.05, 0) is 38.5 Å². The average molecular weight is 295 g/mol. The Hall–Kier alpha value is -0.810. The third kappa shape index (κ3) is 4.10. The first-order chi connectivity index (χ1) is 10.3. The molecule has 2 saturated heterocycles. The number of hydrogen-bond acceptors (Lipinski definition) is 3. The molecule has 1 unspecified atom stereocenters. The molecule has 0 aromatic carbocycles. The number of aliphatic imine (C=N–C) groups is 1. The molecule has 0 aromatic heterocycles. The Labute approximate surface area is 128 Å². The van der Waals surface area contributed by atoms with E-state index in [1.54, 1.807) is 0 Å². The molecule has 1 aliphatic carbocycles. The van der Waals surface area contributed by atoms with Crippen LogP contribution in [0.1, 0.15) is 32.6 Å². The molecule has 5 heteroatoms. The predicted octanol–water partition coefficient (Wildman–Crippen LogP) is 1.49. The van der Waals surface area contributed by atoms with Crippen molar-refractivity contribution in [2.75, 3.05) is 52.6 Å². The van der Waals surface area contributed by atoms with E-state index in [1.807, 2.05) is 0 Å². The Bertz CT molecular complexity index is 363. The van der Waals surface area contributed by atoms with Gasteiger partial charge in [-0.25, -0.2) is 0 Å². The molecule has 0 bridgehead atoms. The van der Waals surface area contributed by atoms with E-state index in [0.29, 0.717) is 5.41 Å². The zero-order chi connectivity index (χ0) is 14.5. The van der Waals surface area contributed by atoms with Gasteiger partial charge in [-0.15, -0.1) is 0 Å². The highest BCUT2D eigenvalue weighted by Gasteiger charge is 2.42. The summed E-state index contributed by atoms with van der Waals surface area (Å²) in [6.07, 6.45) is 5.14. The van der Waals surface area contributed by atoms with Gasteiger partial charge < -0.3 is 19.7 Å². The van der Waals surface area contributed by atoms with Gasteiger partial charge in [0.2, 0.25) is 0 Å². The Balaban J connectivity index is 1.46. The first-order valence-corrected chi connectivity index (χ1v) is 8.50. The highest BCUT2D eigenvalue weighted by atomic mass is 16.5. The van der Waals surface area contributed by atoms with Gasteiger partial charge in [0.05, 0.1) is 19.8 Å². The fourth-order valence-corrected chi connectivity index (χ4v) is 3.26. The number of nitrogens with zero attached hydrogens (tertiary/aromatic N) is 2. The highest BCUT2D eigenvalue weighted by molar-refractivity contribution is 5.80. The van der Waals surface area contributed by atoms with Gasteiger partial charge in [-0.2, -0.15) is 0 Å². The molecule has 5 nitrogen and oxygen atoms in total. The van der Waals surface area contributed by atoms with Crippen molar-refractivity contribution >= 4 is 5.96 Å².